The number of carbonyl (C=O) groups is 2. The number of benzene rings is 1. The molecule has 5 rings (SSSR count). The fourth-order valence-electron chi connectivity index (χ4n) is 4.42. The average molecular weight is 510 g/mol. The summed E-state index contributed by atoms with van der Waals surface area (Å²) in [6.45, 7) is 7.10. The van der Waals surface area contributed by atoms with Crippen molar-refractivity contribution in [3.05, 3.63) is 42.1 Å². The fraction of sp³-hybridized carbons (Fsp3) is 0.481. The molecule has 0 spiro atoms. The van der Waals surface area contributed by atoms with Crippen LogP contribution in [0.1, 0.15) is 56.8 Å². The smallest absolute Gasteiger partial charge is 0.410 e. The molecule has 2 N–H and O–H groups in total. The number of piperidine rings is 1. The molecule has 3 heterocycles. The lowest BCUT2D eigenvalue weighted by Crippen LogP contribution is -2.47. The molecule has 1 saturated heterocycles. The van der Waals surface area contributed by atoms with Crippen molar-refractivity contribution >= 4 is 23.0 Å². The standard InChI is InChI=1S/C27H32FN5O4/c1-27(2,3)37-26(35)33-10-8-18(9-11-33)32-25(34)20-13-29-24-22(30-15-31-23(20)24)19-12-17(28)6-7-21(19)36-14-16-4-5-16/h6-7,12-13,15-16,18,29H,4-5,8-11,14H2,1-3H3,(H,32,34). The zero-order valence-corrected chi connectivity index (χ0v) is 21.3. The van der Waals surface area contributed by atoms with Gasteiger partial charge in [0.25, 0.3) is 5.91 Å². The lowest BCUT2D eigenvalue weighted by Gasteiger charge is -2.33. The van der Waals surface area contributed by atoms with Gasteiger partial charge < -0.3 is 24.7 Å². The summed E-state index contributed by atoms with van der Waals surface area (Å²) in [4.78, 5) is 39.0. The van der Waals surface area contributed by atoms with Gasteiger partial charge in [-0.3, -0.25) is 4.79 Å². The van der Waals surface area contributed by atoms with E-state index >= 15 is 0 Å². The van der Waals surface area contributed by atoms with Crippen molar-refractivity contribution in [1.82, 2.24) is 25.2 Å². The molecule has 1 saturated carbocycles. The van der Waals surface area contributed by atoms with Crippen LogP contribution in [0, 0.1) is 11.7 Å². The van der Waals surface area contributed by atoms with Gasteiger partial charge in [-0.1, -0.05) is 0 Å². The van der Waals surface area contributed by atoms with Gasteiger partial charge in [0.1, 0.15) is 34.7 Å². The molecule has 0 atom stereocenters. The predicted molar refractivity (Wildman–Crippen MR) is 136 cm³/mol. The van der Waals surface area contributed by atoms with Crippen molar-refractivity contribution in [3.63, 3.8) is 0 Å². The van der Waals surface area contributed by atoms with Gasteiger partial charge >= 0.3 is 6.09 Å². The number of halogens is 1. The molecule has 9 nitrogen and oxygen atoms in total. The number of likely N-dealkylation sites (tertiary alicyclic amines) is 1. The van der Waals surface area contributed by atoms with Crippen LogP contribution in [0.15, 0.2) is 30.7 Å². The molecule has 2 fully saturated rings. The number of fused-ring (bicyclic) bond motifs is 1. The summed E-state index contributed by atoms with van der Waals surface area (Å²) < 4.78 is 25.6. The summed E-state index contributed by atoms with van der Waals surface area (Å²) in [6, 6.07) is 4.29. The van der Waals surface area contributed by atoms with Gasteiger partial charge in [-0.2, -0.15) is 0 Å². The van der Waals surface area contributed by atoms with Gasteiger partial charge in [-0.05, 0) is 70.6 Å². The van der Waals surface area contributed by atoms with Crippen molar-refractivity contribution in [1.29, 1.82) is 0 Å². The molecule has 1 aromatic carbocycles. The highest BCUT2D eigenvalue weighted by atomic mass is 19.1. The molecule has 2 aliphatic rings. The molecule has 196 valence electrons. The van der Waals surface area contributed by atoms with Crippen LogP contribution in [0.3, 0.4) is 0 Å². The molecule has 37 heavy (non-hydrogen) atoms. The summed E-state index contributed by atoms with van der Waals surface area (Å²) in [5, 5.41) is 3.06. The second-order valence-electron chi connectivity index (χ2n) is 10.8. The number of hydrogen-bond acceptors (Lipinski definition) is 6. The van der Waals surface area contributed by atoms with Crippen molar-refractivity contribution in [2.24, 2.45) is 5.92 Å². The molecule has 0 bridgehead atoms. The van der Waals surface area contributed by atoms with E-state index < -0.39 is 11.4 Å². The highest BCUT2D eigenvalue weighted by molar-refractivity contribution is 6.07. The summed E-state index contributed by atoms with van der Waals surface area (Å²) in [6.07, 6.45) is 6.16. The zero-order chi connectivity index (χ0) is 26.2. The maximum atomic E-state index is 14.2. The number of aromatic amines is 1. The molecule has 3 aromatic rings. The van der Waals surface area contributed by atoms with Crippen LogP contribution in [0.4, 0.5) is 9.18 Å². The van der Waals surface area contributed by atoms with E-state index in [9.17, 15) is 14.0 Å². The van der Waals surface area contributed by atoms with Crippen LogP contribution in [-0.2, 0) is 4.74 Å². The third-order valence-electron chi connectivity index (χ3n) is 6.56. The van der Waals surface area contributed by atoms with Crippen LogP contribution >= 0.6 is 0 Å². The molecule has 10 heteroatoms. The second kappa shape index (κ2) is 9.99. The van der Waals surface area contributed by atoms with Crippen LogP contribution in [0.5, 0.6) is 5.75 Å². The number of aromatic nitrogens is 3. The molecule has 2 amide bonds. The fourth-order valence-corrected chi connectivity index (χ4v) is 4.42. The van der Waals surface area contributed by atoms with Crippen molar-refractivity contribution in [2.75, 3.05) is 19.7 Å². The van der Waals surface area contributed by atoms with E-state index in [0.29, 0.717) is 72.1 Å². The number of H-pyrrole nitrogens is 1. The molecular weight excluding hydrogens is 477 g/mol. The summed E-state index contributed by atoms with van der Waals surface area (Å²) in [7, 11) is 0. The highest BCUT2D eigenvalue weighted by Gasteiger charge is 2.29. The number of rotatable bonds is 6. The Kier molecular flexibility index (Phi) is 6.74. The SMILES string of the molecule is CC(C)(C)OC(=O)N1CCC(NC(=O)c2c[nH]c3c(-c4cc(F)ccc4OCC4CC4)ncnc23)CC1. The Morgan fingerprint density at radius 2 is 1.92 bits per heavy atom. The first-order chi connectivity index (χ1) is 17.7. The molecule has 0 radical (unpaired) electrons. The Balaban J connectivity index is 1.30. The Labute approximate surface area is 214 Å². The van der Waals surface area contributed by atoms with Gasteiger partial charge in [-0.25, -0.2) is 19.2 Å². The van der Waals surface area contributed by atoms with Gasteiger partial charge in [0.05, 0.1) is 17.7 Å². The average Bonchev–Trinajstić information content (AvgIpc) is 3.58. The molecular formula is C27H32FN5O4. The summed E-state index contributed by atoms with van der Waals surface area (Å²) >= 11 is 0. The normalized spacial score (nSPS) is 16.6. The van der Waals surface area contributed by atoms with E-state index in [0.717, 1.165) is 12.8 Å². The summed E-state index contributed by atoms with van der Waals surface area (Å²) in [5.41, 5.74) is 1.80. The quantitative estimate of drug-likeness (QED) is 0.499. The number of ether oxygens (including phenoxy) is 2. The number of nitrogens with zero attached hydrogens (tertiary/aromatic N) is 3. The first kappa shape index (κ1) is 25.0. The topological polar surface area (TPSA) is 109 Å². The summed E-state index contributed by atoms with van der Waals surface area (Å²) in [5.74, 6) is 0.421. The maximum absolute atomic E-state index is 14.2. The zero-order valence-electron chi connectivity index (χ0n) is 21.3. The van der Waals surface area contributed by atoms with E-state index in [2.05, 4.69) is 20.3 Å². The Bertz CT molecular complexity index is 1310. The van der Waals surface area contributed by atoms with Crippen molar-refractivity contribution in [2.45, 2.75) is 58.1 Å². The highest BCUT2D eigenvalue weighted by Crippen LogP contribution is 2.36. The molecule has 2 aromatic heterocycles. The molecule has 0 unspecified atom stereocenters. The third-order valence-corrected chi connectivity index (χ3v) is 6.56. The van der Waals surface area contributed by atoms with Crippen LogP contribution in [0.2, 0.25) is 0 Å². The minimum absolute atomic E-state index is 0.0805. The monoisotopic (exact) mass is 509 g/mol. The Morgan fingerprint density at radius 3 is 2.62 bits per heavy atom. The minimum Gasteiger partial charge on any atom is -0.493 e. The van der Waals surface area contributed by atoms with Crippen molar-refractivity contribution < 1.29 is 23.5 Å². The van der Waals surface area contributed by atoms with Crippen LogP contribution < -0.4 is 10.1 Å². The van der Waals surface area contributed by atoms with E-state index in [1.54, 1.807) is 17.2 Å². The van der Waals surface area contributed by atoms with E-state index in [1.807, 2.05) is 20.8 Å². The molecule has 1 aliphatic heterocycles. The largest absolute Gasteiger partial charge is 0.493 e. The predicted octanol–water partition coefficient (Wildman–Crippen LogP) is 4.68. The van der Waals surface area contributed by atoms with Gasteiger partial charge in [0.2, 0.25) is 0 Å². The first-order valence-corrected chi connectivity index (χ1v) is 12.7. The van der Waals surface area contributed by atoms with Crippen molar-refractivity contribution in [3.8, 4) is 17.0 Å². The number of hydrogen-bond donors (Lipinski definition) is 2. The lowest BCUT2D eigenvalue weighted by atomic mass is 10.0. The maximum Gasteiger partial charge on any atom is 0.410 e. The van der Waals surface area contributed by atoms with E-state index in [4.69, 9.17) is 9.47 Å². The first-order valence-electron chi connectivity index (χ1n) is 12.7. The number of carbonyl (C=O) groups excluding carboxylic acids is 2. The third kappa shape index (κ3) is 5.84. The number of nitrogens with one attached hydrogen (secondary N) is 2. The Morgan fingerprint density at radius 1 is 1.16 bits per heavy atom. The number of amides is 2. The second-order valence-corrected chi connectivity index (χ2v) is 10.8. The minimum atomic E-state index is -0.548. The van der Waals surface area contributed by atoms with Crippen LogP contribution in [0.25, 0.3) is 22.3 Å². The van der Waals surface area contributed by atoms with Gasteiger partial charge in [0.15, 0.2) is 0 Å². The Hall–Kier alpha value is -3.69. The van der Waals surface area contributed by atoms with E-state index in [-0.39, 0.29) is 18.0 Å². The van der Waals surface area contributed by atoms with Crippen LogP contribution in [-0.4, -0.2) is 63.2 Å². The van der Waals surface area contributed by atoms with Gasteiger partial charge in [-0.15, -0.1) is 0 Å². The van der Waals surface area contributed by atoms with Gasteiger partial charge in [0, 0.05) is 30.9 Å². The molecule has 1 aliphatic carbocycles. The van der Waals surface area contributed by atoms with E-state index in [1.165, 1.54) is 18.5 Å². The lowest BCUT2D eigenvalue weighted by molar-refractivity contribution is 0.0199.